The third-order valence-electron chi connectivity index (χ3n) is 5.76. The molecular weight excluding hydrogens is 360 g/mol. The summed E-state index contributed by atoms with van der Waals surface area (Å²) in [5.41, 5.74) is 0.137. The van der Waals surface area contributed by atoms with Crippen LogP contribution in [0.1, 0.15) is 46.5 Å². The lowest BCUT2D eigenvalue weighted by molar-refractivity contribution is 0.0958. The van der Waals surface area contributed by atoms with Crippen molar-refractivity contribution in [1.29, 1.82) is 0 Å². The van der Waals surface area contributed by atoms with Crippen LogP contribution in [0.2, 0.25) is 5.28 Å². The van der Waals surface area contributed by atoms with Crippen LogP contribution in [0.15, 0.2) is 0 Å². The summed E-state index contributed by atoms with van der Waals surface area (Å²) in [6.07, 6.45) is 3.44. The van der Waals surface area contributed by atoms with Gasteiger partial charge in [0.2, 0.25) is 10.4 Å². The van der Waals surface area contributed by atoms with Crippen LogP contribution in [0.4, 0.5) is 9.93 Å². The zero-order valence-electron chi connectivity index (χ0n) is 15.1. The molecule has 3 rings (SSSR count). The lowest BCUT2D eigenvalue weighted by Gasteiger charge is -2.48. The number of halogens is 1. The minimum atomic E-state index is -0.783. The molecule has 25 heavy (non-hydrogen) atoms. The van der Waals surface area contributed by atoms with Crippen LogP contribution in [0.25, 0.3) is 0 Å². The molecule has 2 fully saturated rings. The van der Waals surface area contributed by atoms with Crippen molar-refractivity contribution in [1.82, 2.24) is 14.3 Å². The Morgan fingerprint density at radius 2 is 1.84 bits per heavy atom. The van der Waals surface area contributed by atoms with Gasteiger partial charge in [0.1, 0.15) is 0 Å². The fourth-order valence-corrected chi connectivity index (χ4v) is 5.23. The Labute approximate surface area is 158 Å². The summed E-state index contributed by atoms with van der Waals surface area (Å²) in [7, 11) is 0. The van der Waals surface area contributed by atoms with Crippen molar-refractivity contribution in [3.63, 3.8) is 0 Å². The molecule has 6 nitrogen and oxygen atoms in total. The highest BCUT2D eigenvalue weighted by Gasteiger charge is 2.40. The average Bonchev–Trinajstić information content (AvgIpc) is 3.00. The number of carboxylic acid groups (broad SMARTS) is 1. The number of likely N-dealkylation sites (tertiary alicyclic amines) is 1. The molecule has 2 aliphatic rings. The molecule has 2 aliphatic heterocycles. The second-order valence-electron chi connectivity index (χ2n) is 8.31. The Hall–Kier alpha value is -1.08. The van der Waals surface area contributed by atoms with Crippen molar-refractivity contribution in [2.75, 3.05) is 24.5 Å². The van der Waals surface area contributed by atoms with Crippen LogP contribution in [-0.4, -0.2) is 51.1 Å². The summed E-state index contributed by atoms with van der Waals surface area (Å²) >= 11 is 7.32. The quantitative estimate of drug-likeness (QED) is 0.824. The molecule has 0 radical (unpaired) electrons. The van der Waals surface area contributed by atoms with E-state index in [2.05, 4.69) is 35.0 Å². The van der Waals surface area contributed by atoms with Crippen LogP contribution in [-0.2, 0) is 0 Å². The van der Waals surface area contributed by atoms with Crippen molar-refractivity contribution < 1.29 is 9.90 Å². The van der Waals surface area contributed by atoms with Crippen molar-refractivity contribution in [3.8, 4) is 0 Å². The van der Waals surface area contributed by atoms with Gasteiger partial charge in [-0.25, -0.2) is 4.79 Å². The SMILES string of the molecule is CC(C)(C)C1CC(C2CCN(C(=O)O)CC2)CCN1c1nc(Cl)ns1. The molecule has 2 atom stereocenters. The van der Waals surface area contributed by atoms with Gasteiger partial charge in [-0.2, -0.15) is 9.36 Å². The molecule has 2 unspecified atom stereocenters. The molecule has 1 N–H and O–H groups in total. The number of piperidine rings is 2. The lowest BCUT2D eigenvalue weighted by Crippen LogP contribution is -2.51. The topological polar surface area (TPSA) is 69.6 Å². The Bertz CT molecular complexity index is 610. The van der Waals surface area contributed by atoms with E-state index in [1.807, 2.05) is 0 Å². The maximum Gasteiger partial charge on any atom is 0.407 e. The van der Waals surface area contributed by atoms with E-state index in [0.29, 0.717) is 36.3 Å². The Morgan fingerprint density at radius 1 is 1.20 bits per heavy atom. The summed E-state index contributed by atoms with van der Waals surface area (Å²) in [6.45, 7) is 9.16. The first-order valence-corrected chi connectivity index (χ1v) is 10.1. The van der Waals surface area contributed by atoms with Gasteiger partial charge in [-0.05, 0) is 54.5 Å². The summed E-state index contributed by atoms with van der Waals surface area (Å²) in [4.78, 5) is 19.4. The lowest BCUT2D eigenvalue weighted by atomic mass is 9.71. The standard InChI is InChI=1S/C17H27ClN4O2S/c1-17(2,3)13-10-12(11-4-7-21(8-5-11)16(23)24)6-9-22(13)15-19-14(18)20-25-15/h11-13H,4-10H2,1-3H3,(H,23,24). The Balaban J connectivity index is 1.69. The third kappa shape index (κ3) is 4.19. The number of aromatic nitrogens is 2. The number of amides is 1. The van der Waals surface area contributed by atoms with Crippen molar-refractivity contribution in [2.24, 2.45) is 17.3 Å². The van der Waals surface area contributed by atoms with E-state index in [9.17, 15) is 4.79 Å². The summed E-state index contributed by atoms with van der Waals surface area (Å²) in [6, 6.07) is 0.396. The van der Waals surface area contributed by atoms with Crippen molar-refractivity contribution >= 4 is 34.4 Å². The first kappa shape index (κ1) is 18.7. The number of anilines is 1. The molecule has 1 aromatic rings. The monoisotopic (exact) mass is 386 g/mol. The second-order valence-corrected chi connectivity index (χ2v) is 9.38. The first-order chi connectivity index (χ1) is 11.8. The average molecular weight is 387 g/mol. The van der Waals surface area contributed by atoms with E-state index in [4.69, 9.17) is 16.7 Å². The molecule has 1 aromatic heterocycles. The van der Waals surface area contributed by atoms with Crippen molar-refractivity contribution in [3.05, 3.63) is 5.28 Å². The van der Waals surface area contributed by atoms with Gasteiger partial charge < -0.3 is 14.9 Å². The van der Waals surface area contributed by atoms with Gasteiger partial charge in [0.15, 0.2) is 0 Å². The van der Waals surface area contributed by atoms with Crippen molar-refractivity contribution in [2.45, 2.75) is 52.5 Å². The van der Waals surface area contributed by atoms with E-state index in [1.54, 1.807) is 4.90 Å². The maximum atomic E-state index is 11.1. The Kier molecular flexibility index (Phi) is 5.44. The van der Waals surface area contributed by atoms with Crippen LogP contribution < -0.4 is 4.90 Å². The smallest absolute Gasteiger partial charge is 0.407 e. The number of carbonyl (C=O) groups is 1. The van der Waals surface area contributed by atoms with Gasteiger partial charge in [0.25, 0.3) is 0 Å². The van der Waals surface area contributed by atoms with Gasteiger partial charge in [-0.1, -0.05) is 20.8 Å². The summed E-state index contributed by atoms with van der Waals surface area (Å²) < 4.78 is 4.14. The Morgan fingerprint density at radius 3 is 2.36 bits per heavy atom. The fraction of sp³-hybridized carbons (Fsp3) is 0.824. The third-order valence-corrected chi connectivity index (χ3v) is 6.78. The van der Waals surface area contributed by atoms with E-state index >= 15 is 0 Å². The van der Waals surface area contributed by atoms with E-state index < -0.39 is 6.09 Å². The van der Waals surface area contributed by atoms with Gasteiger partial charge in [0.05, 0.1) is 0 Å². The predicted molar refractivity (Wildman–Crippen MR) is 101 cm³/mol. The summed E-state index contributed by atoms with van der Waals surface area (Å²) in [5, 5.41) is 10.4. The van der Waals surface area contributed by atoms with E-state index in [0.717, 1.165) is 37.4 Å². The first-order valence-electron chi connectivity index (χ1n) is 8.99. The van der Waals surface area contributed by atoms with E-state index in [-0.39, 0.29) is 5.41 Å². The molecule has 1 amide bonds. The number of hydrogen-bond donors (Lipinski definition) is 1. The number of nitrogens with zero attached hydrogens (tertiary/aromatic N) is 4. The van der Waals surface area contributed by atoms with Gasteiger partial charge >= 0.3 is 6.09 Å². The van der Waals surface area contributed by atoms with E-state index in [1.165, 1.54) is 11.5 Å². The maximum absolute atomic E-state index is 11.1. The molecule has 0 spiro atoms. The second kappa shape index (κ2) is 7.27. The molecule has 2 saturated heterocycles. The van der Waals surface area contributed by atoms with Gasteiger partial charge in [-0.3, -0.25) is 0 Å². The molecule has 0 bridgehead atoms. The fourth-order valence-electron chi connectivity index (χ4n) is 4.35. The number of rotatable bonds is 2. The minimum Gasteiger partial charge on any atom is -0.465 e. The highest BCUT2D eigenvalue weighted by atomic mass is 35.5. The van der Waals surface area contributed by atoms with Crippen LogP contribution in [0, 0.1) is 17.3 Å². The predicted octanol–water partition coefficient (Wildman–Crippen LogP) is 4.21. The van der Waals surface area contributed by atoms with Crippen LogP contribution in [0.3, 0.4) is 0 Å². The van der Waals surface area contributed by atoms with Gasteiger partial charge in [0, 0.05) is 37.2 Å². The zero-order chi connectivity index (χ0) is 18.2. The van der Waals surface area contributed by atoms with Crippen LogP contribution >= 0.6 is 23.1 Å². The highest BCUT2D eigenvalue weighted by Crippen LogP contribution is 2.42. The minimum absolute atomic E-state index is 0.137. The summed E-state index contributed by atoms with van der Waals surface area (Å²) in [5.74, 6) is 1.28. The number of hydrogen-bond acceptors (Lipinski definition) is 5. The molecule has 3 heterocycles. The van der Waals surface area contributed by atoms with Crippen LogP contribution in [0.5, 0.6) is 0 Å². The molecule has 140 valence electrons. The highest BCUT2D eigenvalue weighted by molar-refractivity contribution is 7.10. The van der Waals surface area contributed by atoms with Gasteiger partial charge in [-0.15, -0.1) is 0 Å². The molecule has 8 heteroatoms. The largest absolute Gasteiger partial charge is 0.465 e. The molecule has 0 saturated carbocycles. The molecule has 0 aliphatic carbocycles. The molecule has 0 aromatic carbocycles. The zero-order valence-corrected chi connectivity index (χ0v) is 16.7. The molecular formula is C17H27ClN4O2S. The normalized spacial score (nSPS) is 26.1.